The maximum atomic E-state index is 12.9. The number of nitrogens with zero attached hydrogens (tertiary/aromatic N) is 5. The molecule has 0 unspecified atom stereocenters. The van der Waals surface area contributed by atoms with Gasteiger partial charge < -0.3 is 14.5 Å². The number of rotatable bonds is 3. The van der Waals surface area contributed by atoms with Gasteiger partial charge in [-0.15, -0.1) is 0 Å². The molecule has 0 spiro atoms. The van der Waals surface area contributed by atoms with E-state index in [9.17, 15) is 10.1 Å². The van der Waals surface area contributed by atoms with Gasteiger partial charge in [0.2, 0.25) is 5.91 Å². The molecule has 156 valence electrons. The van der Waals surface area contributed by atoms with Gasteiger partial charge in [-0.2, -0.15) is 5.26 Å². The fourth-order valence-corrected chi connectivity index (χ4v) is 4.90. The van der Waals surface area contributed by atoms with E-state index in [1.807, 2.05) is 24.0 Å². The average Bonchev–Trinajstić information content (AvgIpc) is 2.79. The minimum atomic E-state index is 0.128. The van der Waals surface area contributed by atoms with Crippen LogP contribution in [0.3, 0.4) is 0 Å². The molecule has 0 bridgehead atoms. The third kappa shape index (κ3) is 4.54. The number of aromatic nitrogens is 1. The van der Waals surface area contributed by atoms with Crippen molar-refractivity contribution in [2.75, 3.05) is 57.4 Å². The lowest BCUT2D eigenvalue weighted by Gasteiger charge is -2.43. The second-order valence-corrected chi connectivity index (χ2v) is 8.43. The summed E-state index contributed by atoms with van der Waals surface area (Å²) in [6, 6.07) is 6.56. The predicted molar refractivity (Wildman–Crippen MR) is 111 cm³/mol. The molecule has 0 saturated carbocycles. The third-order valence-electron chi connectivity index (χ3n) is 6.54. The Bertz CT molecular complexity index is 763. The molecule has 1 atom stereocenters. The van der Waals surface area contributed by atoms with E-state index in [1.165, 1.54) is 0 Å². The van der Waals surface area contributed by atoms with Gasteiger partial charge in [0.25, 0.3) is 0 Å². The Labute approximate surface area is 173 Å². The molecule has 3 saturated heterocycles. The van der Waals surface area contributed by atoms with E-state index < -0.39 is 0 Å². The summed E-state index contributed by atoms with van der Waals surface area (Å²) in [7, 11) is 0. The monoisotopic (exact) mass is 397 g/mol. The number of aryl methyl sites for hydroxylation is 1. The van der Waals surface area contributed by atoms with Crippen molar-refractivity contribution in [2.45, 2.75) is 38.6 Å². The highest BCUT2D eigenvalue weighted by molar-refractivity contribution is 5.79. The molecular formula is C22H31N5O2. The summed E-state index contributed by atoms with van der Waals surface area (Å²) >= 11 is 0. The lowest BCUT2D eigenvalue weighted by Crippen LogP contribution is -2.52. The van der Waals surface area contributed by atoms with Gasteiger partial charge in [-0.3, -0.25) is 9.69 Å². The Kier molecular flexibility index (Phi) is 6.31. The zero-order valence-corrected chi connectivity index (χ0v) is 17.3. The topological polar surface area (TPSA) is 72.7 Å². The highest BCUT2D eigenvalue weighted by Gasteiger charge is 2.34. The number of ether oxygens (including phenoxy) is 1. The van der Waals surface area contributed by atoms with E-state index in [-0.39, 0.29) is 5.92 Å². The summed E-state index contributed by atoms with van der Waals surface area (Å²) in [6.45, 7) is 8.56. The fourth-order valence-electron chi connectivity index (χ4n) is 4.90. The Morgan fingerprint density at radius 3 is 2.62 bits per heavy atom. The molecule has 0 N–H and O–H groups in total. The summed E-state index contributed by atoms with van der Waals surface area (Å²) in [5, 5.41) is 9.42. The van der Waals surface area contributed by atoms with Crippen molar-refractivity contribution in [3.05, 3.63) is 23.4 Å². The first-order valence-electron chi connectivity index (χ1n) is 10.9. The number of hydrogen-bond donors (Lipinski definition) is 0. The summed E-state index contributed by atoms with van der Waals surface area (Å²) in [4.78, 5) is 24.3. The van der Waals surface area contributed by atoms with Gasteiger partial charge in [0.05, 0.1) is 24.7 Å². The summed E-state index contributed by atoms with van der Waals surface area (Å²) in [6.07, 6.45) is 4.21. The third-order valence-corrected chi connectivity index (χ3v) is 6.54. The number of pyridine rings is 1. The van der Waals surface area contributed by atoms with Crippen molar-refractivity contribution in [2.24, 2.45) is 5.92 Å². The van der Waals surface area contributed by atoms with Crippen LogP contribution < -0.4 is 4.90 Å². The van der Waals surface area contributed by atoms with Crippen LogP contribution in [0.4, 0.5) is 5.82 Å². The molecule has 3 aliphatic rings. The predicted octanol–water partition coefficient (Wildman–Crippen LogP) is 1.80. The van der Waals surface area contributed by atoms with Crippen LogP contribution in [-0.2, 0) is 9.53 Å². The van der Waals surface area contributed by atoms with Crippen molar-refractivity contribution >= 4 is 11.7 Å². The molecule has 3 fully saturated rings. The molecule has 1 aromatic heterocycles. The van der Waals surface area contributed by atoms with E-state index in [1.54, 1.807) is 0 Å². The van der Waals surface area contributed by atoms with Crippen molar-refractivity contribution in [1.82, 2.24) is 14.8 Å². The maximum absolute atomic E-state index is 12.9. The number of carbonyl (C=O) groups is 1. The average molecular weight is 398 g/mol. The molecule has 4 heterocycles. The summed E-state index contributed by atoms with van der Waals surface area (Å²) < 4.78 is 5.39. The number of carbonyl (C=O) groups excluding carboxylic acids is 1. The molecule has 7 nitrogen and oxygen atoms in total. The zero-order chi connectivity index (χ0) is 20.2. The lowest BCUT2D eigenvalue weighted by molar-refractivity contribution is -0.141. The standard InChI is InChI=1S/C22H31N5O2/c1-17-4-5-18(15-23)21(24-17)25-9-6-20(7-10-25)27-8-2-3-19(16-27)22(28)26-11-13-29-14-12-26/h4-5,19-20H,2-3,6-14,16H2,1H3/t19-/m0/s1. The Balaban J connectivity index is 1.34. The van der Waals surface area contributed by atoms with Gasteiger partial charge in [-0.05, 0) is 51.3 Å². The Hall–Kier alpha value is -2.17. The number of amides is 1. The van der Waals surface area contributed by atoms with E-state index in [4.69, 9.17) is 4.74 Å². The molecular weight excluding hydrogens is 366 g/mol. The SMILES string of the molecule is Cc1ccc(C#N)c(N2CCC(N3CCC[C@H](C(=O)N4CCOCC4)C3)CC2)n1. The molecule has 4 rings (SSSR count). The van der Waals surface area contributed by atoms with E-state index >= 15 is 0 Å². The van der Waals surface area contributed by atoms with Crippen molar-refractivity contribution in [3.8, 4) is 6.07 Å². The molecule has 0 aromatic carbocycles. The smallest absolute Gasteiger partial charge is 0.227 e. The van der Waals surface area contributed by atoms with Gasteiger partial charge in [-0.1, -0.05) is 0 Å². The number of morpholine rings is 1. The Morgan fingerprint density at radius 2 is 1.90 bits per heavy atom. The van der Waals surface area contributed by atoms with Crippen LogP contribution in [0.1, 0.15) is 36.9 Å². The first kappa shape index (κ1) is 20.1. The normalized spacial score (nSPS) is 24.3. The Morgan fingerprint density at radius 1 is 1.14 bits per heavy atom. The summed E-state index contributed by atoms with van der Waals surface area (Å²) in [5.74, 6) is 1.27. The number of likely N-dealkylation sites (tertiary alicyclic amines) is 1. The van der Waals surface area contributed by atoms with E-state index in [2.05, 4.69) is 20.9 Å². The number of nitriles is 1. The van der Waals surface area contributed by atoms with Crippen molar-refractivity contribution < 1.29 is 9.53 Å². The molecule has 3 aliphatic heterocycles. The summed E-state index contributed by atoms with van der Waals surface area (Å²) in [5.41, 5.74) is 1.60. The molecule has 1 amide bonds. The fraction of sp³-hybridized carbons (Fsp3) is 0.682. The second kappa shape index (κ2) is 9.10. The van der Waals surface area contributed by atoms with Crippen LogP contribution in [0.2, 0.25) is 0 Å². The second-order valence-electron chi connectivity index (χ2n) is 8.43. The molecule has 0 radical (unpaired) electrons. The first-order chi connectivity index (χ1) is 14.2. The number of piperidine rings is 2. The van der Waals surface area contributed by atoms with E-state index in [0.717, 1.165) is 76.5 Å². The molecule has 0 aliphatic carbocycles. The van der Waals surface area contributed by atoms with Gasteiger partial charge in [0, 0.05) is 44.5 Å². The lowest BCUT2D eigenvalue weighted by atomic mass is 9.92. The number of hydrogen-bond acceptors (Lipinski definition) is 6. The minimum absolute atomic E-state index is 0.128. The van der Waals surface area contributed by atoms with E-state index in [0.29, 0.717) is 30.7 Å². The quantitative estimate of drug-likeness (QED) is 0.774. The zero-order valence-electron chi connectivity index (χ0n) is 17.3. The maximum Gasteiger partial charge on any atom is 0.227 e. The van der Waals surface area contributed by atoms with Crippen LogP contribution in [-0.4, -0.2) is 79.2 Å². The van der Waals surface area contributed by atoms with Gasteiger partial charge in [0.15, 0.2) is 0 Å². The van der Waals surface area contributed by atoms with Gasteiger partial charge in [-0.25, -0.2) is 4.98 Å². The van der Waals surface area contributed by atoms with Crippen LogP contribution in [0.5, 0.6) is 0 Å². The van der Waals surface area contributed by atoms with Crippen LogP contribution in [0.15, 0.2) is 12.1 Å². The van der Waals surface area contributed by atoms with Gasteiger partial charge in [0.1, 0.15) is 11.9 Å². The minimum Gasteiger partial charge on any atom is -0.378 e. The molecule has 1 aromatic rings. The highest BCUT2D eigenvalue weighted by Crippen LogP contribution is 2.28. The van der Waals surface area contributed by atoms with Crippen LogP contribution in [0, 0.1) is 24.2 Å². The molecule has 29 heavy (non-hydrogen) atoms. The van der Waals surface area contributed by atoms with Crippen LogP contribution in [0.25, 0.3) is 0 Å². The van der Waals surface area contributed by atoms with Crippen molar-refractivity contribution in [3.63, 3.8) is 0 Å². The number of anilines is 1. The van der Waals surface area contributed by atoms with Crippen LogP contribution >= 0.6 is 0 Å². The highest BCUT2D eigenvalue weighted by atomic mass is 16.5. The van der Waals surface area contributed by atoms with Crippen molar-refractivity contribution in [1.29, 1.82) is 5.26 Å². The largest absolute Gasteiger partial charge is 0.378 e. The van der Waals surface area contributed by atoms with Gasteiger partial charge >= 0.3 is 0 Å². The molecule has 7 heteroatoms. The first-order valence-corrected chi connectivity index (χ1v) is 10.9.